The second kappa shape index (κ2) is 31.0. The summed E-state index contributed by atoms with van der Waals surface area (Å²) in [4.78, 5) is 59.9. The molecular formula is C59H90N2O15S. The molecule has 0 aromatic rings. The van der Waals surface area contributed by atoms with Crippen molar-refractivity contribution in [3.8, 4) is 0 Å². The number of hydrogen-bond acceptors (Lipinski definition) is 16. The number of carbonyl (C=O) groups excluding carboxylic acids is 5. The Bertz CT molecular complexity index is 2130. The van der Waals surface area contributed by atoms with E-state index in [1.54, 1.807) is 31.7 Å². The molecule has 6 heterocycles. The summed E-state index contributed by atoms with van der Waals surface area (Å²) in [5.74, 6) is 0.261. The van der Waals surface area contributed by atoms with E-state index in [2.05, 4.69) is 74.8 Å². The molecule has 432 valence electrons. The Kier molecular flexibility index (Phi) is 25.7. The van der Waals surface area contributed by atoms with Gasteiger partial charge in [0.1, 0.15) is 6.10 Å². The van der Waals surface area contributed by atoms with Gasteiger partial charge in [0, 0.05) is 44.3 Å². The summed E-state index contributed by atoms with van der Waals surface area (Å²) in [6, 6.07) is -0.156. The Hall–Kier alpha value is -4.14. The third-order valence-electron chi connectivity index (χ3n) is 15.1. The van der Waals surface area contributed by atoms with Gasteiger partial charge in [-0.1, -0.05) is 67.5 Å². The van der Waals surface area contributed by atoms with E-state index >= 15 is 0 Å². The lowest BCUT2D eigenvalue weighted by molar-refractivity contribution is -0.148. The third-order valence-corrected chi connectivity index (χ3v) is 15.8. The molecule has 0 aromatic carbocycles. The zero-order valence-electron chi connectivity index (χ0n) is 47.5. The number of epoxide rings is 2. The number of rotatable bonds is 23. The minimum absolute atomic E-state index is 0.0519. The number of hydrogen-bond donors (Lipinski definition) is 3. The molecule has 18 heteroatoms. The smallest absolute Gasteiger partial charge is 0.308 e. The zero-order chi connectivity index (χ0) is 56.3. The Balaban J connectivity index is 0.000000289. The van der Waals surface area contributed by atoms with Crippen LogP contribution < -0.4 is 10.6 Å². The highest BCUT2D eigenvalue weighted by molar-refractivity contribution is 7.98. The summed E-state index contributed by atoms with van der Waals surface area (Å²) in [7, 11) is 2.79. The average molecular weight is 1100 g/mol. The quantitative estimate of drug-likeness (QED) is 0.0223. The first-order chi connectivity index (χ1) is 36.6. The van der Waals surface area contributed by atoms with Crippen LogP contribution in [0.2, 0.25) is 0 Å². The Labute approximate surface area is 462 Å². The first kappa shape index (κ1) is 63.7. The highest BCUT2D eigenvalue weighted by Crippen LogP contribution is 2.44. The largest absolute Gasteiger partial charge is 0.469 e. The summed E-state index contributed by atoms with van der Waals surface area (Å²) in [5.41, 5.74) is 1.92. The summed E-state index contributed by atoms with van der Waals surface area (Å²) in [6.45, 7) is 17.2. The number of allylic oxidation sites excluding steroid dienone is 4. The van der Waals surface area contributed by atoms with Crippen molar-refractivity contribution in [2.75, 3.05) is 39.4 Å². The Morgan fingerprint density at radius 2 is 1.10 bits per heavy atom. The first-order valence-electron chi connectivity index (χ1n) is 27.7. The predicted molar refractivity (Wildman–Crippen MR) is 295 cm³/mol. The van der Waals surface area contributed by atoms with Crippen LogP contribution in [-0.4, -0.2) is 159 Å². The normalized spacial score (nSPS) is 34.1. The van der Waals surface area contributed by atoms with Gasteiger partial charge in [0.15, 0.2) is 0 Å². The lowest BCUT2D eigenvalue weighted by atomic mass is 9.88. The second-order valence-electron chi connectivity index (χ2n) is 22.2. The van der Waals surface area contributed by atoms with Gasteiger partial charge in [0.2, 0.25) is 11.8 Å². The van der Waals surface area contributed by atoms with Crippen molar-refractivity contribution in [1.29, 1.82) is 0 Å². The molecular weight excluding hydrogens is 1010 g/mol. The molecule has 0 saturated carbocycles. The predicted octanol–water partition coefficient (Wildman–Crippen LogP) is 7.68. The summed E-state index contributed by atoms with van der Waals surface area (Å²) in [5, 5.41) is 15.3. The molecule has 0 unspecified atom stereocenters. The molecule has 3 N–H and O–H groups in total. The molecule has 6 aliphatic heterocycles. The number of nitrogens with one attached hydrogen (secondary N) is 2. The third kappa shape index (κ3) is 22.5. The second-order valence-corrected chi connectivity index (χ2v) is 23.2. The maximum atomic E-state index is 12.5. The van der Waals surface area contributed by atoms with Crippen LogP contribution in [0, 0.1) is 11.8 Å². The van der Waals surface area contributed by atoms with E-state index < -0.39 is 12.2 Å². The average Bonchev–Trinajstić information content (AvgIpc) is 4.35. The molecule has 6 aliphatic rings. The molecule has 6 rings (SSSR count). The van der Waals surface area contributed by atoms with Crippen LogP contribution in [0.15, 0.2) is 71.9 Å². The van der Waals surface area contributed by atoms with Crippen LogP contribution in [0.4, 0.5) is 0 Å². The highest BCUT2D eigenvalue weighted by Gasteiger charge is 2.52. The van der Waals surface area contributed by atoms with Gasteiger partial charge in [-0.25, -0.2) is 0 Å². The molecule has 2 spiro atoms. The summed E-state index contributed by atoms with van der Waals surface area (Å²) in [6.07, 6.45) is 26.6. The standard InChI is InChI=1S/C32H49NO8S.C27H41NO7/c1-21(9-12-25-18-32(20-38-32)19-26(41-25)17-31(36)37-5)10-13-28-22(2)16-27(24(4)40-28)33-29(34)14-11-23(3)39-30(35)8-7-15-42-6;1-17(6-9-21-14-27(16-33-27)15-22(35-21)13-26(31)32-5)7-10-24-18(2)12-23(20(4)34-24)28-25(30)11-8-19(3)29/h9-12,14,22-28H,7-8,13,15-20H2,1-6H3,(H,33,34);6-9,11,18-24,29H,10,12-16H2,1-5H3,(H,28,30)/b12-9+,14-11-,21-10+;9-6+,11-8-,17-7+/t22-,23-,24+,25+,26+,27+,28-,32+;18-,19-,20+,21+,22+,23+,24-,27+/m00/s1. The van der Waals surface area contributed by atoms with Crippen molar-refractivity contribution in [2.45, 2.75) is 217 Å². The number of aliphatic hydroxyl groups excluding tert-OH is 1. The van der Waals surface area contributed by atoms with E-state index in [0.717, 1.165) is 81.3 Å². The van der Waals surface area contributed by atoms with Crippen molar-refractivity contribution < 1.29 is 71.7 Å². The molecule has 16 atom stereocenters. The molecule has 0 aliphatic carbocycles. The fourth-order valence-corrected chi connectivity index (χ4v) is 10.8. The van der Waals surface area contributed by atoms with Gasteiger partial charge in [-0.2, -0.15) is 11.8 Å². The molecule has 0 aromatic heterocycles. The van der Waals surface area contributed by atoms with Crippen molar-refractivity contribution in [2.24, 2.45) is 11.8 Å². The maximum Gasteiger partial charge on any atom is 0.308 e. The van der Waals surface area contributed by atoms with E-state index in [1.165, 1.54) is 32.4 Å². The topological polar surface area (TPSA) is 219 Å². The van der Waals surface area contributed by atoms with E-state index in [9.17, 15) is 29.1 Å². The minimum atomic E-state index is -0.651. The number of methoxy groups -OCH3 is 2. The fraction of sp³-hybridized carbons (Fsp3) is 0.712. The van der Waals surface area contributed by atoms with Gasteiger partial charge >= 0.3 is 17.9 Å². The van der Waals surface area contributed by atoms with Crippen molar-refractivity contribution in [1.82, 2.24) is 10.6 Å². The van der Waals surface area contributed by atoms with E-state index in [-0.39, 0.29) is 127 Å². The molecule has 77 heavy (non-hydrogen) atoms. The minimum Gasteiger partial charge on any atom is -0.469 e. The van der Waals surface area contributed by atoms with Gasteiger partial charge in [-0.3, -0.25) is 24.0 Å². The number of carbonyl (C=O) groups is 5. The van der Waals surface area contributed by atoms with Crippen LogP contribution >= 0.6 is 11.8 Å². The van der Waals surface area contributed by atoms with Crippen molar-refractivity contribution >= 4 is 41.5 Å². The molecule has 17 nitrogen and oxygen atoms in total. The Morgan fingerprint density at radius 3 is 1.51 bits per heavy atom. The number of esters is 3. The van der Waals surface area contributed by atoms with Gasteiger partial charge in [-0.15, -0.1) is 0 Å². The van der Waals surface area contributed by atoms with Crippen LogP contribution in [0.25, 0.3) is 0 Å². The van der Waals surface area contributed by atoms with Gasteiger partial charge in [0.25, 0.3) is 0 Å². The summed E-state index contributed by atoms with van der Waals surface area (Å²) >= 11 is 1.70. The number of amides is 2. The lowest BCUT2D eigenvalue weighted by Gasteiger charge is -2.39. The first-order valence-corrected chi connectivity index (χ1v) is 29.1. The zero-order valence-corrected chi connectivity index (χ0v) is 48.4. The Morgan fingerprint density at radius 1 is 0.662 bits per heavy atom. The van der Waals surface area contributed by atoms with Crippen LogP contribution in [-0.2, 0) is 66.6 Å². The van der Waals surface area contributed by atoms with E-state index in [0.29, 0.717) is 13.0 Å². The SMILES string of the molecule is COC(=O)C[C@@H]1C[C@@]2(CO2)C[C@@H](/C=C/C(C)=C/C[C@@H]2O[C@H](C)[C@H](NC(=O)/C=C\[C@H](C)O)C[C@@H]2C)O1.COC(=O)C[C@@H]1C[C@@]2(CO2)C[C@@H](/C=C/C(C)=C/C[C@@H]2O[C@H](C)[C@H](NC(=O)/C=C\[C@H](C)OC(=O)CCCSC)C[C@@H]2C)O1. The highest BCUT2D eigenvalue weighted by atomic mass is 32.2. The molecule has 0 radical (unpaired) electrons. The molecule has 6 fully saturated rings. The maximum absolute atomic E-state index is 12.5. The number of thioether (sulfide) groups is 1. The molecule has 6 saturated heterocycles. The van der Waals surface area contributed by atoms with Gasteiger partial charge < -0.3 is 58.4 Å². The van der Waals surface area contributed by atoms with E-state index in [4.69, 9.17) is 42.6 Å². The van der Waals surface area contributed by atoms with Crippen molar-refractivity contribution in [3.63, 3.8) is 0 Å². The van der Waals surface area contributed by atoms with Crippen LogP contribution in [0.3, 0.4) is 0 Å². The number of ether oxygens (including phenoxy) is 9. The monoisotopic (exact) mass is 1100 g/mol. The van der Waals surface area contributed by atoms with Crippen LogP contribution in [0.1, 0.15) is 132 Å². The summed E-state index contributed by atoms with van der Waals surface area (Å²) < 4.78 is 51.1. The van der Waals surface area contributed by atoms with E-state index in [1.807, 2.05) is 20.1 Å². The van der Waals surface area contributed by atoms with Crippen LogP contribution in [0.5, 0.6) is 0 Å². The van der Waals surface area contributed by atoms with Gasteiger partial charge in [-0.05, 0) is 104 Å². The van der Waals surface area contributed by atoms with Gasteiger partial charge in [0.05, 0.1) is 118 Å². The number of aliphatic hydroxyl groups is 1. The van der Waals surface area contributed by atoms with Crippen molar-refractivity contribution in [3.05, 3.63) is 71.9 Å². The molecule has 2 amide bonds. The fourth-order valence-electron chi connectivity index (χ4n) is 10.4. The molecule has 0 bridgehead atoms. The lowest BCUT2D eigenvalue weighted by Crippen LogP contribution is -2.50.